The van der Waals surface area contributed by atoms with Crippen molar-refractivity contribution in [3.8, 4) is 0 Å². The van der Waals surface area contributed by atoms with Gasteiger partial charge in [0.15, 0.2) is 11.4 Å². The van der Waals surface area contributed by atoms with Gasteiger partial charge in [-0.2, -0.15) is 0 Å². The monoisotopic (exact) mass is 453 g/mol. The van der Waals surface area contributed by atoms with Crippen LogP contribution in [-0.4, -0.2) is 55.2 Å². The maximum absolute atomic E-state index is 12.9. The van der Waals surface area contributed by atoms with E-state index < -0.39 is 11.4 Å². The average molecular weight is 454 g/mol. The van der Waals surface area contributed by atoms with Gasteiger partial charge in [-0.15, -0.1) is 0 Å². The van der Waals surface area contributed by atoms with Crippen LogP contribution < -0.4 is 0 Å². The van der Waals surface area contributed by atoms with Gasteiger partial charge in [-0.1, -0.05) is 60.7 Å². The van der Waals surface area contributed by atoms with Crippen molar-refractivity contribution in [2.75, 3.05) is 33.0 Å². The summed E-state index contributed by atoms with van der Waals surface area (Å²) in [6.07, 6.45) is 2.37. The van der Waals surface area contributed by atoms with Gasteiger partial charge in [0.2, 0.25) is 0 Å². The molecule has 0 aromatic heterocycles. The summed E-state index contributed by atoms with van der Waals surface area (Å²) in [6.45, 7) is 6.20. The van der Waals surface area contributed by atoms with Crippen LogP contribution >= 0.6 is 0 Å². The molecule has 1 spiro atoms. The van der Waals surface area contributed by atoms with E-state index in [-0.39, 0.29) is 5.97 Å². The van der Waals surface area contributed by atoms with Crippen molar-refractivity contribution in [1.82, 2.24) is 4.90 Å². The van der Waals surface area contributed by atoms with E-state index in [1.807, 2.05) is 19.1 Å². The first-order valence-corrected chi connectivity index (χ1v) is 12.0. The number of carbonyl (C=O) groups is 1. The molecule has 2 aliphatic rings. The highest BCUT2D eigenvalue weighted by atomic mass is 16.7. The highest BCUT2D eigenvalue weighted by Crippen LogP contribution is 2.42. The van der Waals surface area contributed by atoms with Crippen LogP contribution in [0.25, 0.3) is 0 Å². The van der Waals surface area contributed by atoms with Gasteiger partial charge in [0, 0.05) is 32.5 Å². The molecule has 0 radical (unpaired) electrons. The lowest BCUT2D eigenvalue weighted by Gasteiger charge is -2.41. The first-order chi connectivity index (χ1) is 16.1. The summed E-state index contributed by atoms with van der Waals surface area (Å²) in [7, 11) is 0. The van der Waals surface area contributed by atoms with Gasteiger partial charge < -0.3 is 18.9 Å². The summed E-state index contributed by atoms with van der Waals surface area (Å²) in [6, 6.07) is 20.9. The highest BCUT2D eigenvalue weighted by molar-refractivity contribution is 5.79. The van der Waals surface area contributed by atoms with Gasteiger partial charge in [-0.3, -0.25) is 4.90 Å². The van der Waals surface area contributed by atoms with E-state index in [2.05, 4.69) is 53.4 Å². The van der Waals surface area contributed by atoms with Gasteiger partial charge in [-0.05, 0) is 30.9 Å². The molecule has 178 valence electrons. The zero-order chi connectivity index (χ0) is 23.0. The van der Waals surface area contributed by atoms with E-state index in [1.165, 1.54) is 11.1 Å². The second-order valence-electron chi connectivity index (χ2n) is 8.85. The molecule has 2 aromatic carbocycles. The van der Waals surface area contributed by atoms with Crippen molar-refractivity contribution in [2.24, 2.45) is 0 Å². The summed E-state index contributed by atoms with van der Waals surface area (Å²) in [4.78, 5) is 15.3. The average Bonchev–Trinajstić information content (AvgIpc) is 3.30. The number of benzene rings is 2. The second kappa shape index (κ2) is 11.3. The molecule has 1 aliphatic heterocycles. The highest BCUT2D eigenvalue weighted by Gasteiger charge is 2.51. The maximum atomic E-state index is 12.9. The van der Waals surface area contributed by atoms with E-state index in [0.29, 0.717) is 58.7 Å². The topological polar surface area (TPSA) is 57.2 Å². The first kappa shape index (κ1) is 23.9. The molecule has 1 saturated heterocycles. The van der Waals surface area contributed by atoms with Crippen LogP contribution in [0.4, 0.5) is 0 Å². The molecule has 0 amide bonds. The zero-order valence-electron chi connectivity index (χ0n) is 19.5. The van der Waals surface area contributed by atoms with Crippen LogP contribution in [0.3, 0.4) is 0 Å². The number of rotatable bonds is 10. The number of ether oxygens (including phenoxy) is 4. The Morgan fingerprint density at radius 3 is 1.94 bits per heavy atom. The van der Waals surface area contributed by atoms with E-state index in [9.17, 15) is 4.79 Å². The second-order valence-corrected chi connectivity index (χ2v) is 8.85. The lowest BCUT2D eigenvalue weighted by atomic mass is 9.81. The molecule has 2 fully saturated rings. The fraction of sp³-hybridized carbons (Fsp3) is 0.519. The van der Waals surface area contributed by atoms with Crippen LogP contribution in [-0.2, 0) is 36.8 Å². The van der Waals surface area contributed by atoms with E-state index in [1.54, 1.807) is 0 Å². The zero-order valence-corrected chi connectivity index (χ0v) is 19.5. The SMILES string of the molecule is CCOC(=O)C1(OCCN(Cc2ccccc2)Cc2ccccc2)CCC2(CC1)OCCO2. The molecule has 33 heavy (non-hydrogen) atoms. The number of esters is 1. The Bertz CT molecular complexity index is 815. The molecule has 6 nitrogen and oxygen atoms in total. The molecular formula is C27H35NO5. The fourth-order valence-electron chi connectivity index (χ4n) is 4.76. The third-order valence-electron chi connectivity index (χ3n) is 6.56. The standard InChI is InChI=1S/C27H35NO5/c1-2-30-25(29)26(13-15-27(16-14-26)32-19-20-33-27)31-18-17-28(21-23-9-5-3-6-10-23)22-24-11-7-4-8-12-24/h3-12H,2,13-22H2,1H3. The summed E-state index contributed by atoms with van der Waals surface area (Å²) < 4.78 is 23.5. The summed E-state index contributed by atoms with van der Waals surface area (Å²) >= 11 is 0. The molecular weight excluding hydrogens is 418 g/mol. The van der Waals surface area contributed by atoms with Gasteiger partial charge in [0.05, 0.1) is 26.4 Å². The third kappa shape index (κ3) is 6.21. The van der Waals surface area contributed by atoms with Crippen LogP contribution in [0.5, 0.6) is 0 Å². The largest absolute Gasteiger partial charge is 0.464 e. The van der Waals surface area contributed by atoms with Gasteiger partial charge in [0.25, 0.3) is 0 Å². The Morgan fingerprint density at radius 2 is 1.42 bits per heavy atom. The Kier molecular flexibility index (Phi) is 8.15. The molecule has 1 heterocycles. The number of carbonyl (C=O) groups excluding carboxylic acids is 1. The fourth-order valence-corrected chi connectivity index (χ4v) is 4.76. The van der Waals surface area contributed by atoms with Crippen LogP contribution in [0.2, 0.25) is 0 Å². The summed E-state index contributed by atoms with van der Waals surface area (Å²) in [5.41, 5.74) is 1.58. The van der Waals surface area contributed by atoms with Crippen LogP contribution in [0.15, 0.2) is 60.7 Å². The minimum absolute atomic E-state index is 0.268. The van der Waals surface area contributed by atoms with Crippen molar-refractivity contribution in [1.29, 1.82) is 0 Å². The molecule has 0 unspecified atom stereocenters. The Morgan fingerprint density at radius 1 is 0.879 bits per heavy atom. The Hall–Kier alpha value is -2.25. The lowest BCUT2D eigenvalue weighted by Crippen LogP contribution is -2.51. The molecule has 0 atom stereocenters. The number of nitrogens with zero attached hydrogens (tertiary/aromatic N) is 1. The van der Waals surface area contributed by atoms with E-state index >= 15 is 0 Å². The van der Waals surface area contributed by atoms with Crippen molar-refractivity contribution in [2.45, 2.75) is 57.1 Å². The molecule has 2 aromatic rings. The van der Waals surface area contributed by atoms with Gasteiger partial charge in [-0.25, -0.2) is 4.79 Å². The summed E-state index contributed by atoms with van der Waals surface area (Å²) in [5, 5.41) is 0. The van der Waals surface area contributed by atoms with E-state index in [4.69, 9.17) is 18.9 Å². The predicted octanol–water partition coefficient (Wildman–Crippen LogP) is 4.32. The van der Waals surface area contributed by atoms with Crippen molar-refractivity contribution in [3.05, 3.63) is 71.8 Å². The van der Waals surface area contributed by atoms with E-state index in [0.717, 1.165) is 13.1 Å². The minimum atomic E-state index is -0.929. The normalized spacial score (nSPS) is 19.1. The van der Waals surface area contributed by atoms with Crippen molar-refractivity contribution >= 4 is 5.97 Å². The minimum Gasteiger partial charge on any atom is -0.464 e. The first-order valence-electron chi connectivity index (χ1n) is 12.0. The molecule has 1 saturated carbocycles. The van der Waals surface area contributed by atoms with Crippen molar-refractivity contribution in [3.63, 3.8) is 0 Å². The van der Waals surface area contributed by atoms with Crippen molar-refractivity contribution < 1.29 is 23.7 Å². The molecule has 6 heteroatoms. The third-order valence-corrected chi connectivity index (χ3v) is 6.56. The number of hydrogen-bond acceptors (Lipinski definition) is 6. The van der Waals surface area contributed by atoms with Crippen LogP contribution in [0, 0.1) is 0 Å². The number of hydrogen-bond donors (Lipinski definition) is 0. The quantitative estimate of drug-likeness (QED) is 0.499. The predicted molar refractivity (Wildman–Crippen MR) is 125 cm³/mol. The molecule has 4 rings (SSSR count). The smallest absolute Gasteiger partial charge is 0.338 e. The Labute approximate surface area is 196 Å². The molecule has 0 bridgehead atoms. The van der Waals surface area contributed by atoms with Crippen LogP contribution in [0.1, 0.15) is 43.7 Å². The summed E-state index contributed by atoms with van der Waals surface area (Å²) in [5.74, 6) is -0.818. The maximum Gasteiger partial charge on any atom is 0.338 e. The lowest BCUT2D eigenvalue weighted by molar-refractivity contribution is -0.220. The molecule has 1 aliphatic carbocycles. The van der Waals surface area contributed by atoms with Gasteiger partial charge >= 0.3 is 5.97 Å². The Balaban J connectivity index is 1.40. The molecule has 0 N–H and O–H groups in total. The van der Waals surface area contributed by atoms with Gasteiger partial charge in [0.1, 0.15) is 0 Å².